The van der Waals surface area contributed by atoms with Gasteiger partial charge >= 0.3 is 0 Å². The fraction of sp³-hybridized carbons (Fsp3) is 0. The van der Waals surface area contributed by atoms with Crippen LogP contribution in [-0.2, 0) is 0 Å². The second-order valence-corrected chi connectivity index (χ2v) is 7.82. The smallest absolute Gasteiger partial charge is 0.0956 e. The van der Waals surface area contributed by atoms with Crippen molar-refractivity contribution in [3.8, 4) is 0 Å². The molecule has 0 aliphatic rings. The number of para-hydroxylation sites is 1. The zero-order chi connectivity index (χ0) is 16.8. The Morgan fingerprint density at radius 3 is 2.65 bits per heavy atom. The molecule has 7 rings (SSSR count). The van der Waals surface area contributed by atoms with Crippen LogP contribution >= 0.6 is 11.3 Å². The maximum atomic E-state index is 4.91. The molecule has 0 fully saturated rings. The van der Waals surface area contributed by atoms with Crippen LogP contribution in [-0.4, -0.2) is 9.38 Å². The van der Waals surface area contributed by atoms with Crippen LogP contribution in [0.3, 0.4) is 0 Å². The van der Waals surface area contributed by atoms with Crippen molar-refractivity contribution in [2.45, 2.75) is 0 Å². The number of nitrogens with zero attached hydrogens (tertiary/aromatic N) is 2. The first kappa shape index (κ1) is 13.1. The molecule has 0 saturated carbocycles. The van der Waals surface area contributed by atoms with E-state index >= 15 is 0 Å². The molecule has 120 valence electrons. The van der Waals surface area contributed by atoms with Crippen LogP contribution in [0.5, 0.6) is 0 Å². The van der Waals surface area contributed by atoms with Crippen LogP contribution < -0.4 is 0 Å². The molecule has 4 aromatic heterocycles. The van der Waals surface area contributed by atoms with Gasteiger partial charge in [-0.25, -0.2) is 0 Å². The standard InChI is InChI=1S/C23H12N2S/c1-2-7-18-14(5-1)15-9-8-13-4-3-6-17-20(13)22(15)25(18)23-16-10-11-26-19(16)12-24-21(17)23/h1-12H. The number of aromatic nitrogens is 2. The van der Waals surface area contributed by atoms with E-state index in [1.807, 2.05) is 6.20 Å². The summed E-state index contributed by atoms with van der Waals surface area (Å²) in [4.78, 5) is 4.91. The molecule has 26 heavy (non-hydrogen) atoms. The lowest BCUT2D eigenvalue weighted by atomic mass is 10.0. The number of fused-ring (bicyclic) bond motifs is 8. The quantitative estimate of drug-likeness (QED) is 0.223. The van der Waals surface area contributed by atoms with Crippen molar-refractivity contribution in [1.82, 2.24) is 9.38 Å². The lowest BCUT2D eigenvalue weighted by molar-refractivity contribution is 1.34. The first-order chi connectivity index (χ1) is 12.9. The van der Waals surface area contributed by atoms with Crippen LogP contribution in [0.2, 0.25) is 0 Å². The summed E-state index contributed by atoms with van der Waals surface area (Å²) < 4.78 is 3.68. The number of hydrogen-bond donors (Lipinski definition) is 0. The topological polar surface area (TPSA) is 17.3 Å². The van der Waals surface area contributed by atoms with Gasteiger partial charge in [-0.05, 0) is 22.9 Å². The largest absolute Gasteiger partial charge is 0.306 e. The van der Waals surface area contributed by atoms with E-state index in [1.54, 1.807) is 11.3 Å². The Kier molecular flexibility index (Phi) is 2.17. The van der Waals surface area contributed by atoms with E-state index in [2.05, 4.69) is 70.4 Å². The molecule has 0 saturated heterocycles. The fourth-order valence-electron chi connectivity index (χ4n) is 4.61. The van der Waals surface area contributed by atoms with Crippen molar-refractivity contribution in [3.05, 3.63) is 72.2 Å². The molecule has 4 heterocycles. The molecule has 0 atom stereocenters. The monoisotopic (exact) mass is 348 g/mol. The summed E-state index contributed by atoms with van der Waals surface area (Å²) >= 11 is 1.76. The summed E-state index contributed by atoms with van der Waals surface area (Å²) in [6, 6.07) is 22.0. The van der Waals surface area contributed by atoms with Gasteiger partial charge in [-0.1, -0.05) is 48.5 Å². The lowest BCUT2D eigenvalue weighted by Gasteiger charge is -2.12. The predicted molar refractivity (Wildman–Crippen MR) is 112 cm³/mol. The molecule has 0 aliphatic carbocycles. The summed E-state index contributed by atoms with van der Waals surface area (Å²) in [5, 5.41) is 9.91. The third kappa shape index (κ3) is 1.35. The third-order valence-corrected chi connectivity index (χ3v) is 6.49. The molecule has 0 bridgehead atoms. The molecular weight excluding hydrogens is 336 g/mol. The van der Waals surface area contributed by atoms with Crippen molar-refractivity contribution >= 4 is 70.4 Å². The summed E-state index contributed by atoms with van der Waals surface area (Å²) in [7, 11) is 0. The molecule has 0 N–H and O–H groups in total. The van der Waals surface area contributed by atoms with E-state index in [0.717, 1.165) is 5.52 Å². The van der Waals surface area contributed by atoms with Crippen molar-refractivity contribution in [2.75, 3.05) is 0 Å². The van der Waals surface area contributed by atoms with Gasteiger partial charge in [0.25, 0.3) is 0 Å². The average molecular weight is 348 g/mol. The molecular formula is C23H12N2S. The van der Waals surface area contributed by atoms with Crippen LogP contribution in [0.15, 0.2) is 72.2 Å². The van der Waals surface area contributed by atoms with E-state index in [0.29, 0.717) is 0 Å². The van der Waals surface area contributed by atoms with Gasteiger partial charge in [0.05, 0.1) is 26.8 Å². The zero-order valence-electron chi connectivity index (χ0n) is 13.7. The van der Waals surface area contributed by atoms with Crippen LogP contribution in [0.25, 0.3) is 59.1 Å². The first-order valence-electron chi connectivity index (χ1n) is 8.74. The SMILES string of the molecule is c1cc2ccc3c4ccccc4n4c5c6ccsc6cnc5c(c1)c2c34. The minimum Gasteiger partial charge on any atom is -0.306 e. The Labute approximate surface area is 152 Å². The lowest BCUT2D eigenvalue weighted by Crippen LogP contribution is -1.94. The van der Waals surface area contributed by atoms with Gasteiger partial charge in [0, 0.05) is 33.1 Å². The minimum atomic E-state index is 1.09. The predicted octanol–water partition coefficient (Wildman–Crippen LogP) is 6.60. The Hall–Kier alpha value is -3.17. The molecule has 0 unspecified atom stereocenters. The van der Waals surface area contributed by atoms with Crippen LogP contribution in [0, 0.1) is 0 Å². The summed E-state index contributed by atoms with van der Waals surface area (Å²) in [6.07, 6.45) is 2.02. The normalized spacial score (nSPS) is 12.6. The van der Waals surface area contributed by atoms with Crippen molar-refractivity contribution in [1.29, 1.82) is 0 Å². The molecule has 0 radical (unpaired) electrons. The van der Waals surface area contributed by atoms with E-state index in [9.17, 15) is 0 Å². The number of benzene rings is 3. The molecule has 2 nitrogen and oxygen atoms in total. The van der Waals surface area contributed by atoms with E-state index in [1.165, 1.54) is 53.6 Å². The van der Waals surface area contributed by atoms with Gasteiger partial charge in [0.2, 0.25) is 0 Å². The minimum absolute atomic E-state index is 1.09. The van der Waals surface area contributed by atoms with Crippen LogP contribution in [0.4, 0.5) is 0 Å². The number of pyridine rings is 2. The maximum absolute atomic E-state index is 4.91. The molecule has 0 amide bonds. The van der Waals surface area contributed by atoms with E-state index in [4.69, 9.17) is 4.98 Å². The number of rotatable bonds is 0. The molecule has 0 aliphatic heterocycles. The van der Waals surface area contributed by atoms with Gasteiger partial charge in [-0.15, -0.1) is 11.3 Å². The zero-order valence-corrected chi connectivity index (χ0v) is 14.5. The second-order valence-electron chi connectivity index (χ2n) is 6.87. The average Bonchev–Trinajstić information content (AvgIpc) is 3.30. The summed E-state index contributed by atoms with van der Waals surface area (Å²) in [5.74, 6) is 0. The number of hydrogen-bond acceptors (Lipinski definition) is 2. The van der Waals surface area contributed by atoms with Gasteiger partial charge in [-0.3, -0.25) is 4.98 Å². The van der Waals surface area contributed by atoms with Gasteiger partial charge < -0.3 is 4.40 Å². The molecule has 0 spiro atoms. The van der Waals surface area contributed by atoms with Crippen molar-refractivity contribution in [2.24, 2.45) is 0 Å². The number of thiophene rings is 1. The second kappa shape index (κ2) is 4.32. The van der Waals surface area contributed by atoms with E-state index in [-0.39, 0.29) is 0 Å². The highest BCUT2D eigenvalue weighted by atomic mass is 32.1. The Morgan fingerprint density at radius 2 is 1.65 bits per heavy atom. The molecule has 3 aromatic carbocycles. The van der Waals surface area contributed by atoms with Gasteiger partial charge in [-0.2, -0.15) is 0 Å². The summed E-state index contributed by atoms with van der Waals surface area (Å²) in [6.45, 7) is 0. The molecule has 7 aromatic rings. The Bertz CT molecular complexity index is 1630. The highest BCUT2D eigenvalue weighted by Crippen LogP contribution is 2.42. The Balaban J connectivity index is 2.04. The first-order valence-corrected chi connectivity index (χ1v) is 9.61. The third-order valence-electron chi connectivity index (χ3n) is 5.64. The van der Waals surface area contributed by atoms with Crippen molar-refractivity contribution < 1.29 is 0 Å². The van der Waals surface area contributed by atoms with Crippen molar-refractivity contribution in [3.63, 3.8) is 0 Å². The van der Waals surface area contributed by atoms with E-state index < -0.39 is 0 Å². The highest BCUT2D eigenvalue weighted by Gasteiger charge is 2.19. The van der Waals surface area contributed by atoms with Crippen LogP contribution in [0.1, 0.15) is 0 Å². The molecule has 3 heteroatoms. The van der Waals surface area contributed by atoms with Gasteiger partial charge in [0.15, 0.2) is 0 Å². The van der Waals surface area contributed by atoms with Gasteiger partial charge in [0.1, 0.15) is 0 Å². The Morgan fingerprint density at radius 1 is 0.731 bits per heavy atom. The maximum Gasteiger partial charge on any atom is 0.0956 e. The fourth-order valence-corrected chi connectivity index (χ4v) is 5.36. The summed E-state index contributed by atoms with van der Waals surface area (Å²) in [5.41, 5.74) is 4.88. The highest BCUT2D eigenvalue weighted by molar-refractivity contribution is 7.17.